The number of rotatable bonds is 9. The van der Waals surface area contributed by atoms with E-state index in [2.05, 4.69) is 12.2 Å². The van der Waals surface area contributed by atoms with Crippen LogP contribution in [0.25, 0.3) is 0 Å². The molecule has 0 aliphatic heterocycles. The number of sulfone groups is 1. The SMILES string of the molecule is CNC(C)CCCS(=O)(=O)CCCOC. The Bertz CT molecular complexity index is 239. The van der Waals surface area contributed by atoms with Crippen molar-refractivity contribution in [2.24, 2.45) is 0 Å². The summed E-state index contributed by atoms with van der Waals surface area (Å²) in [4.78, 5) is 0. The average Bonchev–Trinajstić information content (AvgIpc) is 2.17. The highest BCUT2D eigenvalue weighted by atomic mass is 32.2. The van der Waals surface area contributed by atoms with Gasteiger partial charge in [0.1, 0.15) is 9.84 Å². The smallest absolute Gasteiger partial charge is 0.150 e. The van der Waals surface area contributed by atoms with Gasteiger partial charge in [-0.2, -0.15) is 0 Å². The first-order valence-electron chi connectivity index (χ1n) is 5.38. The van der Waals surface area contributed by atoms with Gasteiger partial charge in [0.15, 0.2) is 0 Å². The summed E-state index contributed by atoms with van der Waals surface area (Å²) in [7, 11) is 0.606. The summed E-state index contributed by atoms with van der Waals surface area (Å²) in [6.07, 6.45) is 2.23. The largest absolute Gasteiger partial charge is 0.385 e. The van der Waals surface area contributed by atoms with E-state index in [4.69, 9.17) is 4.74 Å². The van der Waals surface area contributed by atoms with Crippen LogP contribution in [0.3, 0.4) is 0 Å². The fourth-order valence-electron chi connectivity index (χ4n) is 1.28. The molecule has 0 amide bonds. The van der Waals surface area contributed by atoms with Crippen molar-refractivity contribution in [2.45, 2.75) is 32.2 Å². The molecule has 1 N–H and O–H groups in total. The predicted molar refractivity (Wildman–Crippen MR) is 62.9 cm³/mol. The summed E-state index contributed by atoms with van der Waals surface area (Å²) in [5.41, 5.74) is 0. The Morgan fingerprint density at radius 1 is 1.27 bits per heavy atom. The van der Waals surface area contributed by atoms with Crippen LogP contribution >= 0.6 is 0 Å². The summed E-state index contributed by atoms with van der Waals surface area (Å²) in [6, 6.07) is 0.388. The Morgan fingerprint density at radius 2 is 1.87 bits per heavy atom. The van der Waals surface area contributed by atoms with Crippen molar-refractivity contribution < 1.29 is 13.2 Å². The molecule has 0 aromatic heterocycles. The molecule has 0 bridgehead atoms. The topological polar surface area (TPSA) is 55.4 Å². The summed E-state index contributed by atoms with van der Waals surface area (Å²) >= 11 is 0. The molecule has 0 rings (SSSR count). The monoisotopic (exact) mass is 237 g/mol. The lowest BCUT2D eigenvalue weighted by atomic mass is 10.2. The maximum atomic E-state index is 11.5. The standard InChI is InChI=1S/C10H23NO3S/c1-10(11-2)6-4-8-15(12,13)9-5-7-14-3/h10-11H,4-9H2,1-3H3. The number of ether oxygens (including phenoxy) is 1. The van der Waals surface area contributed by atoms with Gasteiger partial charge in [0, 0.05) is 19.8 Å². The molecule has 0 saturated carbocycles. The van der Waals surface area contributed by atoms with Gasteiger partial charge in [-0.15, -0.1) is 0 Å². The van der Waals surface area contributed by atoms with Gasteiger partial charge < -0.3 is 10.1 Å². The van der Waals surface area contributed by atoms with Crippen LogP contribution in [0.5, 0.6) is 0 Å². The molecule has 0 aliphatic rings. The molecule has 0 aromatic carbocycles. The van der Waals surface area contributed by atoms with Gasteiger partial charge in [0.25, 0.3) is 0 Å². The zero-order chi connectivity index (χ0) is 11.7. The van der Waals surface area contributed by atoms with Crippen LogP contribution < -0.4 is 5.32 Å². The number of nitrogens with one attached hydrogen (secondary N) is 1. The van der Waals surface area contributed by atoms with Crippen molar-refractivity contribution >= 4 is 9.84 Å². The van der Waals surface area contributed by atoms with Gasteiger partial charge in [-0.3, -0.25) is 0 Å². The van der Waals surface area contributed by atoms with Crippen LogP contribution in [-0.2, 0) is 14.6 Å². The van der Waals surface area contributed by atoms with Gasteiger partial charge in [-0.1, -0.05) is 0 Å². The van der Waals surface area contributed by atoms with Crippen molar-refractivity contribution in [3.05, 3.63) is 0 Å². The molecule has 0 fully saturated rings. The highest BCUT2D eigenvalue weighted by Gasteiger charge is 2.10. The average molecular weight is 237 g/mol. The molecule has 0 aromatic rings. The molecule has 5 heteroatoms. The maximum absolute atomic E-state index is 11.5. The van der Waals surface area contributed by atoms with E-state index in [0.29, 0.717) is 24.8 Å². The van der Waals surface area contributed by atoms with E-state index in [-0.39, 0.29) is 5.75 Å². The van der Waals surface area contributed by atoms with Crippen LogP contribution in [-0.4, -0.2) is 46.7 Å². The van der Waals surface area contributed by atoms with E-state index in [1.807, 2.05) is 7.05 Å². The third-order valence-electron chi connectivity index (χ3n) is 2.39. The third-order valence-corrected chi connectivity index (χ3v) is 4.21. The van der Waals surface area contributed by atoms with Crippen LogP contribution in [0, 0.1) is 0 Å². The lowest BCUT2D eigenvalue weighted by Gasteiger charge is -2.09. The fraction of sp³-hybridized carbons (Fsp3) is 1.00. The fourth-order valence-corrected chi connectivity index (χ4v) is 2.65. The van der Waals surface area contributed by atoms with Crippen molar-refractivity contribution in [3.8, 4) is 0 Å². The second kappa shape index (κ2) is 8.07. The third kappa shape index (κ3) is 8.84. The Balaban J connectivity index is 3.65. The van der Waals surface area contributed by atoms with Crippen molar-refractivity contribution in [2.75, 3.05) is 32.3 Å². The van der Waals surface area contributed by atoms with E-state index >= 15 is 0 Å². The second-order valence-corrected chi connectivity index (χ2v) is 6.13. The van der Waals surface area contributed by atoms with Crippen molar-refractivity contribution in [1.29, 1.82) is 0 Å². The first kappa shape index (κ1) is 14.9. The van der Waals surface area contributed by atoms with E-state index in [1.165, 1.54) is 0 Å². The zero-order valence-corrected chi connectivity index (χ0v) is 10.8. The quantitative estimate of drug-likeness (QED) is 0.603. The highest BCUT2D eigenvalue weighted by Crippen LogP contribution is 2.02. The van der Waals surface area contributed by atoms with Crippen molar-refractivity contribution in [1.82, 2.24) is 5.32 Å². The first-order chi connectivity index (χ1) is 7.02. The molecule has 1 unspecified atom stereocenters. The Morgan fingerprint density at radius 3 is 2.40 bits per heavy atom. The molecule has 0 radical (unpaired) electrons. The van der Waals surface area contributed by atoms with E-state index in [9.17, 15) is 8.42 Å². The molecule has 0 saturated heterocycles. The van der Waals surface area contributed by atoms with E-state index < -0.39 is 9.84 Å². The summed E-state index contributed by atoms with van der Waals surface area (Å²) in [6.45, 7) is 2.57. The highest BCUT2D eigenvalue weighted by molar-refractivity contribution is 7.91. The second-order valence-electron chi connectivity index (χ2n) is 3.83. The number of hydrogen-bond donors (Lipinski definition) is 1. The lowest BCUT2D eigenvalue weighted by Crippen LogP contribution is -2.22. The summed E-state index contributed by atoms with van der Waals surface area (Å²) in [5, 5.41) is 3.09. The number of methoxy groups -OCH3 is 1. The van der Waals surface area contributed by atoms with Gasteiger partial charge >= 0.3 is 0 Å². The molecule has 0 heterocycles. The minimum atomic E-state index is -2.87. The van der Waals surface area contributed by atoms with E-state index in [0.717, 1.165) is 12.8 Å². The molecular formula is C10H23NO3S. The molecule has 0 spiro atoms. The van der Waals surface area contributed by atoms with Crippen molar-refractivity contribution in [3.63, 3.8) is 0 Å². The number of hydrogen-bond acceptors (Lipinski definition) is 4. The molecule has 4 nitrogen and oxygen atoms in total. The molecule has 92 valence electrons. The molecule has 1 atom stereocenters. The Kier molecular flexibility index (Phi) is 8.00. The molecule has 0 aliphatic carbocycles. The van der Waals surface area contributed by atoms with Gasteiger partial charge in [-0.25, -0.2) is 8.42 Å². The molecule has 15 heavy (non-hydrogen) atoms. The molecular weight excluding hydrogens is 214 g/mol. The summed E-state index contributed by atoms with van der Waals surface area (Å²) in [5.74, 6) is 0.539. The van der Waals surface area contributed by atoms with E-state index in [1.54, 1.807) is 7.11 Å². The van der Waals surface area contributed by atoms with Crippen LogP contribution in [0.2, 0.25) is 0 Å². The van der Waals surface area contributed by atoms with Crippen LogP contribution in [0.4, 0.5) is 0 Å². The predicted octanol–water partition coefficient (Wildman–Crippen LogP) is 0.826. The normalized spacial score (nSPS) is 14.1. The van der Waals surface area contributed by atoms with Gasteiger partial charge in [0.2, 0.25) is 0 Å². The minimum Gasteiger partial charge on any atom is -0.385 e. The Labute approximate surface area is 93.3 Å². The zero-order valence-electron chi connectivity index (χ0n) is 9.95. The van der Waals surface area contributed by atoms with Gasteiger partial charge in [0.05, 0.1) is 11.5 Å². The minimum absolute atomic E-state index is 0.245. The lowest BCUT2D eigenvalue weighted by molar-refractivity contribution is 0.199. The van der Waals surface area contributed by atoms with Crippen LogP contribution in [0.1, 0.15) is 26.2 Å². The Hall–Kier alpha value is -0.130. The first-order valence-corrected chi connectivity index (χ1v) is 7.20. The van der Waals surface area contributed by atoms with Gasteiger partial charge in [-0.05, 0) is 33.2 Å². The van der Waals surface area contributed by atoms with Crippen LogP contribution in [0.15, 0.2) is 0 Å². The summed E-state index contributed by atoms with van der Waals surface area (Å²) < 4.78 is 27.8. The maximum Gasteiger partial charge on any atom is 0.150 e.